The zero-order valence-electron chi connectivity index (χ0n) is 9.47. The molecule has 1 fully saturated rings. The number of hydrogen-bond acceptors (Lipinski definition) is 5. The van der Waals surface area contributed by atoms with E-state index in [4.69, 9.17) is 15.2 Å². The number of nitro benzene ring substituents is 1. The summed E-state index contributed by atoms with van der Waals surface area (Å²) in [5.41, 5.74) is 6.01. The fourth-order valence-corrected chi connectivity index (χ4v) is 2.29. The summed E-state index contributed by atoms with van der Waals surface area (Å²) in [6, 6.07) is 2.96. The summed E-state index contributed by atoms with van der Waals surface area (Å²) in [5, 5.41) is 10.8. The molecule has 2 heterocycles. The van der Waals surface area contributed by atoms with Gasteiger partial charge in [0.15, 0.2) is 0 Å². The molecule has 1 aromatic rings. The minimum atomic E-state index is -0.508. The molecule has 6 nitrogen and oxygen atoms in total. The highest BCUT2D eigenvalue weighted by molar-refractivity contribution is 5.65. The monoisotopic (exact) mass is 236 g/mol. The Morgan fingerprint density at radius 3 is 2.82 bits per heavy atom. The Kier molecular flexibility index (Phi) is 1.76. The van der Waals surface area contributed by atoms with Gasteiger partial charge in [0.1, 0.15) is 29.2 Å². The minimum Gasteiger partial charge on any atom is -0.484 e. The van der Waals surface area contributed by atoms with Gasteiger partial charge in [0, 0.05) is 5.56 Å². The molecule has 0 bridgehead atoms. The van der Waals surface area contributed by atoms with Gasteiger partial charge >= 0.3 is 0 Å². The molecule has 2 N–H and O–H groups in total. The van der Waals surface area contributed by atoms with E-state index in [2.05, 4.69) is 0 Å². The first-order valence-electron chi connectivity index (χ1n) is 5.32. The number of nitrogen functional groups attached to an aromatic ring is 1. The van der Waals surface area contributed by atoms with Crippen LogP contribution in [0.5, 0.6) is 5.75 Å². The van der Waals surface area contributed by atoms with Gasteiger partial charge in [-0.2, -0.15) is 0 Å². The molecule has 0 aliphatic carbocycles. The molecule has 3 rings (SSSR count). The maximum atomic E-state index is 10.8. The Labute approximate surface area is 97.5 Å². The molecule has 0 amide bonds. The normalized spacial score (nSPS) is 27.6. The number of fused-ring (bicyclic) bond motifs is 3. The van der Waals surface area contributed by atoms with Crippen molar-refractivity contribution < 1.29 is 14.4 Å². The number of epoxide rings is 1. The Morgan fingerprint density at radius 1 is 1.47 bits per heavy atom. The van der Waals surface area contributed by atoms with Gasteiger partial charge in [-0.05, 0) is 19.9 Å². The molecule has 2 aliphatic rings. The van der Waals surface area contributed by atoms with E-state index in [1.54, 1.807) is 6.07 Å². The van der Waals surface area contributed by atoms with Crippen molar-refractivity contribution in [2.45, 2.75) is 31.7 Å². The quantitative estimate of drug-likeness (QED) is 0.347. The van der Waals surface area contributed by atoms with Crippen molar-refractivity contribution in [1.82, 2.24) is 0 Å². The summed E-state index contributed by atoms with van der Waals surface area (Å²) >= 11 is 0. The molecule has 90 valence electrons. The number of nitrogens with zero attached hydrogens (tertiary/aromatic N) is 1. The molecule has 0 aromatic heterocycles. The zero-order valence-corrected chi connectivity index (χ0v) is 9.47. The lowest BCUT2D eigenvalue weighted by Gasteiger charge is -2.29. The minimum absolute atomic E-state index is 0.0101. The van der Waals surface area contributed by atoms with Crippen LogP contribution in [-0.4, -0.2) is 16.6 Å². The second kappa shape index (κ2) is 2.89. The Bertz CT molecular complexity index is 526. The number of benzene rings is 1. The van der Waals surface area contributed by atoms with Crippen LogP contribution in [0.3, 0.4) is 0 Å². The van der Waals surface area contributed by atoms with Gasteiger partial charge in [0.05, 0.1) is 11.0 Å². The maximum absolute atomic E-state index is 10.8. The zero-order chi connectivity index (χ0) is 12.4. The van der Waals surface area contributed by atoms with Crippen molar-refractivity contribution >= 4 is 11.4 Å². The molecule has 2 atom stereocenters. The molecular weight excluding hydrogens is 224 g/mol. The number of ether oxygens (including phenoxy) is 2. The average molecular weight is 236 g/mol. The summed E-state index contributed by atoms with van der Waals surface area (Å²) in [4.78, 5) is 10.3. The van der Waals surface area contributed by atoms with Gasteiger partial charge in [0.25, 0.3) is 5.69 Å². The maximum Gasteiger partial charge on any atom is 0.295 e. The van der Waals surface area contributed by atoms with Gasteiger partial charge in [-0.1, -0.05) is 0 Å². The molecule has 1 aromatic carbocycles. The lowest BCUT2D eigenvalue weighted by Crippen LogP contribution is -2.37. The van der Waals surface area contributed by atoms with Crippen molar-refractivity contribution in [3.05, 3.63) is 27.8 Å². The largest absolute Gasteiger partial charge is 0.484 e. The van der Waals surface area contributed by atoms with E-state index in [1.165, 1.54) is 6.07 Å². The van der Waals surface area contributed by atoms with Crippen LogP contribution in [0.25, 0.3) is 0 Å². The average Bonchev–Trinajstić information content (AvgIpc) is 2.98. The van der Waals surface area contributed by atoms with E-state index in [0.717, 1.165) is 5.56 Å². The number of anilines is 1. The van der Waals surface area contributed by atoms with Crippen LogP contribution in [0.4, 0.5) is 11.4 Å². The Morgan fingerprint density at radius 2 is 2.18 bits per heavy atom. The van der Waals surface area contributed by atoms with Gasteiger partial charge in [-0.25, -0.2) is 0 Å². The van der Waals surface area contributed by atoms with Crippen LogP contribution in [0.1, 0.15) is 25.5 Å². The van der Waals surface area contributed by atoms with E-state index < -0.39 is 10.5 Å². The number of nitrogens with two attached hydrogens (primary N) is 1. The first-order chi connectivity index (χ1) is 7.90. The topological polar surface area (TPSA) is 90.9 Å². The molecule has 2 unspecified atom stereocenters. The highest BCUT2D eigenvalue weighted by Gasteiger charge is 2.57. The highest BCUT2D eigenvalue weighted by Crippen LogP contribution is 2.55. The number of hydrogen-bond donors (Lipinski definition) is 1. The standard InChI is InChI=1S/C11H12N2O4/c1-11(2)10-9(16-10)5-3-6(12)7(13(14)15)4-8(5)17-11/h3-4,9-10H,12H2,1-2H3. The molecule has 0 spiro atoms. The van der Waals surface area contributed by atoms with E-state index in [0.29, 0.717) is 5.75 Å². The van der Waals surface area contributed by atoms with Gasteiger partial charge < -0.3 is 15.2 Å². The van der Waals surface area contributed by atoms with E-state index in [9.17, 15) is 10.1 Å². The van der Waals surface area contributed by atoms with Gasteiger partial charge in [-0.3, -0.25) is 10.1 Å². The smallest absolute Gasteiger partial charge is 0.295 e. The van der Waals surface area contributed by atoms with E-state index >= 15 is 0 Å². The Hall–Kier alpha value is -1.82. The molecule has 0 radical (unpaired) electrons. The van der Waals surface area contributed by atoms with Crippen LogP contribution >= 0.6 is 0 Å². The fraction of sp³-hybridized carbons (Fsp3) is 0.455. The van der Waals surface area contributed by atoms with Crippen LogP contribution in [0.2, 0.25) is 0 Å². The second-order valence-electron chi connectivity index (χ2n) is 4.89. The summed E-state index contributed by atoms with van der Waals surface area (Å²) in [7, 11) is 0. The van der Waals surface area contributed by atoms with Crippen molar-refractivity contribution in [3.63, 3.8) is 0 Å². The third kappa shape index (κ3) is 1.37. The van der Waals surface area contributed by atoms with Crippen molar-refractivity contribution in [3.8, 4) is 5.75 Å². The second-order valence-corrected chi connectivity index (χ2v) is 4.89. The predicted molar refractivity (Wildman–Crippen MR) is 59.8 cm³/mol. The Balaban J connectivity index is 2.12. The van der Waals surface area contributed by atoms with Crippen LogP contribution in [0.15, 0.2) is 12.1 Å². The van der Waals surface area contributed by atoms with Crippen LogP contribution in [-0.2, 0) is 4.74 Å². The number of nitro groups is 1. The van der Waals surface area contributed by atoms with Crippen molar-refractivity contribution in [2.75, 3.05) is 5.73 Å². The summed E-state index contributed by atoms with van der Waals surface area (Å²) in [6.45, 7) is 3.81. The predicted octanol–water partition coefficient (Wildman–Crippen LogP) is 1.79. The lowest BCUT2D eigenvalue weighted by atomic mass is 9.94. The van der Waals surface area contributed by atoms with E-state index in [-0.39, 0.29) is 23.6 Å². The fourth-order valence-electron chi connectivity index (χ4n) is 2.29. The van der Waals surface area contributed by atoms with Gasteiger partial charge in [0.2, 0.25) is 0 Å². The van der Waals surface area contributed by atoms with Gasteiger partial charge in [-0.15, -0.1) is 0 Å². The van der Waals surface area contributed by atoms with Crippen LogP contribution in [0, 0.1) is 10.1 Å². The molecule has 1 saturated heterocycles. The van der Waals surface area contributed by atoms with Crippen molar-refractivity contribution in [1.29, 1.82) is 0 Å². The SMILES string of the molecule is CC1(C)Oc2cc([N+](=O)[O-])c(N)cc2C2OC21. The molecular formula is C11H12N2O4. The third-order valence-corrected chi connectivity index (χ3v) is 3.21. The summed E-state index contributed by atoms with van der Waals surface area (Å²) < 4.78 is 11.3. The first kappa shape index (κ1) is 10.3. The first-order valence-corrected chi connectivity index (χ1v) is 5.32. The summed E-state index contributed by atoms with van der Waals surface area (Å²) in [6.07, 6.45) is -0.0345. The van der Waals surface area contributed by atoms with Crippen LogP contribution < -0.4 is 10.5 Å². The molecule has 17 heavy (non-hydrogen) atoms. The third-order valence-electron chi connectivity index (χ3n) is 3.21. The van der Waals surface area contributed by atoms with Crippen molar-refractivity contribution in [2.24, 2.45) is 0 Å². The lowest BCUT2D eigenvalue weighted by molar-refractivity contribution is -0.384. The molecule has 6 heteroatoms. The highest BCUT2D eigenvalue weighted by atomic mass is 16.6. The van der Waals surface area contributed by atoms with E-state index in [1.807, 2.05) is 13.8 Å². The molecule has 2 aliphatic heterocycles. The number of rotatable bonds is 1. The molecule has 0 saturated carbocycles. The summed E-state index contributed by atoms with van der Waals surface area (Å²) in [5.74, 6) is 0.495.